The number of hydrogen-bond acceptors (Lipinski definition) is 5. The lowest BCUT2D eigenvalue weighted by Crippen LogP contribution is -2.26. The van der Waals surface area contributed by atoms with Crippen LogP contribution in [0.4, 0.5) is 0 Å². The highest BCUT2D eigenvalue weighted by molar-refractivity contribution is 7.89. The molecule has 0 bridgehead atoms. The van der Waals surface area contributed by atoms with Gasteiger partial charge in [-0.3, -0.25) is 0 Å². The van der Waals surface area contributed by atoms with Crippen molar-refractivity contribution in [2.24, 2.45) is 0 Å². The summed E-state index contributed by atoms with van der Waals surface area (Å²) in [7, 11) is -0.455. The number of ether oxygens (including phenoxy) is 2. The zero-order valence-electron chi connectivity index (χ0n) is 12.5. The lowest BCUT2D eigenvalue weighted by Gasteiger charge is -2.12. The van der Waals surface area contributed by atoms with Gasteiger partial charge in [0.15, 0.2) is 0 Å². The predicted molar refractivity (Wildman–Crippen MR) is 80.1 cm³/mol. The summed E-state index contributed by atoms with van der Waals surface area (Å²) in [4.78, 5) is 0.184. The molecular weight excluding hydrogens is 294 g/mol. The fourth-order valence-corrected chi connectivity index (χ4v) is 3.24. The summed E-state index contributed by atoms with van der Waals surface area (Å²) in [6.07, 6.45) is 1.76. The van der Waals surface area contributed by atoms with Gasteiger partial charge in [0.2, 0.25) is 10.0 Å². The van der Waals surface area contributed by atoms with Crippen LogP contribution in [0.1, 0.15) is 18.4 Å². The third-order valence-electron chi connectivity index (χ3n) is 3.01. The summed E-state index contributed by atoms with van der Waals surface area (Å²) in [6, 6.07) is 4.73. The molecule has 0 fully saturated rings. The number of aliphatic hydroxyl groups is 1. The Morgan fingerprint density at radius 3 is 2.62 bits per heavy atom. The fourth-order valence-electron chi connectivity index (χ4n) is 1.92. The Morgan fingerprint density at radius 2 is 2.00 bits per heavy atom. The first kappa shape index (κ1) is 17.9. The van der Waals surface area contributed by atoms with Crippen LogP contribution in [-0.2, 0) is 21.2 Å². The Kier molecular flexibility index (Phi) is 7.66. The number of methoxy groups -OCH3 is 2. The molecule has 2 N–H and O–H groups in total. The summed E-state index contributed by atoms with van der Waals surface area (Å²) < 4.78 is 37.2. The highest BCUT2D eigenvalue weighted by Gasteiger charge is 2.18. The maximum absolute atomic E-state index is 12.3. The third-order valence-corrected chi connectivity index (χ3v) is 4.57. The van der Waals surface area contributed by atoms with Gasteiger partial charge in [-0.05, 0) is 43.0 Å². The molecule has 0 aliphatic heterocycles. The van der Waals surface area contributed by atoms with Gasteiger partial charge in [0, 0.05) is 26.9 Å². The molecule has 1 aromatic rings. The first-order chi connectivity index (χ1) is 10.0. The Hall–Kier alpha value is -1.15. The van der Waals surface area contributed by atoms with Crippen molar-refractivity contribution in [3.63, 3.8) is 0 Å². The minimum Gasteiger partial charge on any atom is -0.497 e. The van der Waals surface area contributed by atoms with E-state index in [4.69, 9.17) is 14.6 Å². The van der Waals surface area contributed by atoms with E-state index in [9.17, 15) is 8.42 Å². The number of rotatable bonds is 10. The fraction of sp³-hybridized carbons (Fsp3) is 0.571. The maximum Gasteiger partial charge on any atom is 0.240 e. The number of sulfonamides is 1. The van der Waals surface area contributed by atoms with Crippen LogP contribution in [0, 0.1) is 0 Å². The average molecular weight is 317 g/mol. The van der Waals surface area contributed by atoms with Gasteiger partial charge in [-0.1, -0.05) is 0 Å². The van der Waals surface area contributed by atoms with E-state index in [0.29, 0.717) is 30.9 Å². The van der Waals surface area contributed by atoms with E-state index in [1.807, 2.05) is 0 Å². The molecular formula is C14H23NO5S. The zero-order chi connectivity index (χ0) is 15.7. The molecule has 0 spiro atoms. The summed E-state index contributed by atoms with van der Waals surface area (Å²) in [5, 5.41) is 9.08. The lowest BCUT2D eigenvalue weighted by molar-refractivity contribution is 0.193. The van der Waals surface area contributed by atoms with E-state index in [1.165, 1.54) is 13.2 Å². The third kappa shape index (κ3) is 5.62. The Bertz CT molecular complexity index is 530. The largest absolute Gasteiger partial charge is 0.497 e. The SMILES string of the molecule is COCCCCNS(=O)(=O)c1ccc(OC)cc1CCO. The average Bonchev–Trinajstić information content (AvgIpc) is 2.47. The van der Waals surface area contributed by atoms with Crippen molar-refractivity contribution in [1.29, 1.82) is 0 Å². The summed E-state index contributed by atoms with van der Waals surface area (Å²) in [5.74, 6) is 0.567. The Labute approximate surface area is 126 Å². The Morgan fingerprint density at radius 1 is 1.24 bits per heavy atom. The topological polar surface area (TPSA) is 84.9 Å². The molecule has 0 aliphatic rings. The first-order valence-corrected chi connectivity index (χ1v) is 8.30. The molecule has 6 nitrogen and oxygen atoms in total. The Balaban J connectivity index is 2.81. The van der Waals surface area contributed by atoms with E-state index in [1.54, 1.807) is 19.2 Å². The van der Waals surface area contributed by atoms with Crippen molar-refractivity contribution in [3.05, 3.63) is 23.8 Å². The molecule has 0 atom stereocenters. The molecule has 0 amide bonds. The van der Waals surface area contributed by atoms with Crippen LogP contribution in [0.5, 0.6) is 5.75 Å². The van der Waals surface area contributed by atoms with Gasteiger partial charge in [0.25, 0.3) is 0 Å². The van der Waals surface area contributed by atoms with Gasteiger partial charge < -0.3 is 14.6 Å². The highest BCUT2D eigenvalue weighted by Crippen LogP contribution is 2.22. The number of aliphatic hydroxyl groups excluding tert-OH is 1. The molecule has 0 saturated heterocycles. The highest BCUT2D eigenvalue weighted by atomic mass is 32.2. The molecule has 1 aromatic carbocycles. The normalized spacial score (nSPS) is 11.6. The minimum absolute atomic E-state index is 0.122. The smallest absolute Gasteiger partial charge is 0.240 e. The van der Waals surface area contributed by atoms with E-state index < -0.39 is 10.0 Å². The monoisotopic (exact) mass is 317 g/mol. The zero-order valence-corrected chi connectivity index (χ0v) is 13.3. The molecule has 7 heteroatoms. The van der Waals surface area contributed by atoms with Gasteiger partial charge in [0.05, 0.1) is 12.0 Å². The van der Waals surface area contributed by atoms with E-state index in [0.717, 1.165) is 6.42 Å². The van der Waals surface area contributed by atoms with E-state index in [-0.39, 0.29) is 17.9 Å². The molecule has 21 heavy (non-hydrogen) atoms. The minimum atomic E-state index is -3.58. The van der Waals surface area contributed by atoms with Crippen LogP contribution in [0.25, 0.3) is 0 Å². The second-order valence-electron chi connectivity index (χ2n) is 4.54. The maximum atomic E-state index is 12.3. The van der Waals surface area contributed by atoms with Crippen LogP contribution in [0.3, 0.4) is 0 Å². The molecule has 0 aliphatic carbocycles. The number of benzene rings is 1. The van der Waals surface area contributed by atoms with Gasteiger partial charge in [-0.15, -0.1) is 0 Å². The molecule has 120 valence electrons. The van der Waals surface area contributed by atoms with Crippen molar-refractivity contribution >= 4 is 10.0 Å². The standard InChI is InChI=1S/C14H23NO5S/c1-19-10-4-3-8-15-21(17,18)14-6-5-13(20-2)11-12(14)7-9-16/h5-6,11,15-16H,3-4,7-10H2,1-2H3. The lowest BCUT2D eigenvalue weighted by atomic mass is 10.1. The second-order valence-corrected chi connectivity index (χ2v) is 6.28. The summed E-state index contributed by atoms with van der Waals surface area (Å²) >= 11 is 0. The van der Waals surface area contributed by atoms with Crippen molar-refractivity contribution in [1.82, 2.24) is 4.72 Å². The summed E-state index contributed by atoms with van der Waals surface area (Å²) in [5.41, 5.74) is 0.543. The van der Waals surface area contributed by atoms with E-state index in [2.05, 4.69) is 4.72 Å². The molecule has 0 heterocycles. The van der Waals surface area contributed by atoms with Crippen molar-refractivity contribution in [2.75, 3.05) is 34.0 Å². The molecule has 1 rings (SSSR count). The van der Waals surface area contributed by atoms with Crippen molar-refractivity contribution in [3.8, 4) is 5.75 Å². The van der Waals surface area contributed by atoms with Crippen LogP contribution < -0.4 is 9.46 Å². The number of nitrogens with one attached hydrogen (secondary N) is 1. The van der Waals surface area contributed by atoms with Crippen LogP contribution >= 0.6 is 0 Å². The van der Waals surface area contributed by atoms with Gasteiger partial charge in [-0.2, -0.15) is 0 Å². The second kappa shape index (κ2) is 8.99. The molecule has 0 aromatic heterocycles. The van der Waals surface area contributed by atoms with Crippen LogP contribution in [0.15, 0.2) is 23.1 Å². The number of unbranched alkanes of at least 4 members (excludes halogenated alkanes) is 1. The summed E-state index contributed by atoms with van der Waals surface area (Å²) in [6.45, 7) is 0.847. The van der Waals surface area contributed by atoms with Crippen LogP contribution in [0.2, 0.25) is 0 Å². The molecule has 0 unspecified atom stereocenters. The van der Waals surface area contributed by atoms with Crippen molar-refractivity contribution < 1.29 is 23.0 Å². The molecule has 0 saturated carbocycles. The van der Waals surface area contributed by atoms with Gasteiger partial charge in [0.1, 0.15) is 5.75 Å². The number of hydrogen-bond donors (Lipinski definition) is 2. The van der Waals surface area contributed by atoms with Crippen LogP contribution in [-0.4, -0.2) is 47.5 Å². The van der Waals surface area contributed by atoms with Gasteiger partial charge >= 0.3 is 0 Å². The molecule has 0 radical (unpaired) electrons. The van der Waals surface area contributed by atoms with Gasteiger partial charge in [-0.25, -0.2) is 13.1 Å². The first-order valence-electron chi connectivity index (χ1n) is 6.81. The predicted octanol–water partition coefficient (Wildman–Crippen LogP) is 0.935. The van der Waals surface area contributed by atoms with E-state index >= 15 is 0 Å². The van der Waals surface area contributed by atoms with Crippen molar-refractivity contribution in [2.45, 2.75) is 24.2 Å². The quantitative estimate of drug-likeness (QED) is 0.627.